The molecule has 2 amide bonds. The number of aromatic amines is 1. The van der Waals surface area contributed by atoms with Gasteiger partial charge in [0.2, 0.25) is 11.5 Å². The molecule has 0 aromatic carbocycles. The number of pyridine rings is 1. The SMILES string of the molecule is Cc1cc(C(=O)N2CCCC(CCC(=O)N(C)C3CCN(C)CC3)C2)cc(=O)[nH]1. The van der Waals surface area contributed by atoms with Gasteiger partial charge in [0.05, 0.1) is 0 Å². The molecule has 0 bridgehead atoms. The highest BCUT2D eigenvalue weighted by Crippen LogP contribution is 2.23. The predicted octanol–water partition coefficient (Wildman–Crippen LogP) is 1.87. The van der Waals surface area contributed by atoms with Crippen molar-refractivity contribution < 1.29 is 9.59 Å². The van der Waals surface area contributed by atoms with Crippen LogP contribution in [0.1, 0.15) is 54.6 Å². The second-order valence-corrected chi connectivity index (χ2v) is 8.75. The standard InChI is InChI=1S/C22H34N4O3/c1-16-13-18(14-20(27)23-16)22(29)26-10-4-5-17(15-26)6-7-21(28)25(3)19-8-11-24(2)12-9-19/h13-14,17,19H,4-12,15H2,1-3H3,(H,23,27). The molecular weight excluding hydrogens is 368 g/mol. The normalized spacial score (nSPS) is 21.2. The zero-order valence-electron chi connectivity index (χ0n) is 17.9. The summed E-state index contributed by atoms with van der Waals surface area (Å²) in [6, 6.07) is 3.45. The van der Waals surface area contributed by atoms with Crippen molar-refractivity contribution in [2.75, 3.05) is 40.3 Å². The summed E-state index contributed by atoms with van der Waals surface area (Å²) in [5, 5.41) is 0. The summed E-state index contributed by atoms with van der Waals surface area (Å²) in [7, 11) is 4.06. The number of nitrogens with one attached hydrogen (secondary N) is 1. The molecule has 0 saturated carbocycles. The molecular formula is C22H34N4O3. The Hall–Kier alpha value is -2.15. The van der Waals surface area contributed by atoms with Gasteiger partial charge in [0.1, 0.15) is 0 Å². The van der Waals surface area contributed by atoms with E-state index >= 15 is 0 Å². The Morgan fingerprint density at radius 2 is 1.90 bits per heavy atom. The number of likely N-dealkylation sites (tertiary alicyclic amines) is 2. The first kappa shape index (κ1) is 21.6. The monoisotopic (exact) mass is 402 g/mol. The van der Waals surface area contributed by atoms with Gasteiger partial charge in [-0.3, -0.25) is 14.4 Å². The molecule has 2 aliphatic heterocycles. The van der Waals surface area contributed by atoms with Crippen LogP contribution < -0.4 is 5.56 Å². The van der Waals surface area contributed by atoms with E-state index < -0.39 is 0 Å². The van der Waals surface area contributed by atoms with Crippen LogP contribution in [0.4, 0.5) is 0 Å². The second-order valence-electron chi connectivity index (χ2n) is 8.75. The molecule has 1 unspecified atom stereocenters. The van der Waals surface area contributed by atoms with Crippen molar-refractivity contribution in [3.8, 4) is 0 Å². The Morgan fingerprint density at radius 3 is 2.59 bits per heavy atom. The van der Waals surface area contributed by atoms with Crippen LogP contribution in [0, 0.1) is 12.8 Å². The van der Waals surface area contributed by atoms with E-state index in [-0.39, 0.29) is 17.4 Å². The summed E-state index contributed by atoms with van der Waals surface area (Å²) in [5.41, 5.74) is 0.895. The molecule has 1 N–H and O–H groups in total. The molecule has 1 aromatic rings. The Bertz CT molecular complexity index is 783. The van der Waals surface area contributed by atoms with E-state index in [1.165, 1.54) is 6.07 Å². The topological polar surface area (TPSA) is 76.7 Å². The van der Waals surface area contributed by atoms with Gasteiger partial charge >= 0.3 is 0 Å². The third-order valence-electron chi connectivity index (χ3n) is 6.43. The van der Waals surface area contributed by atoms with Gasteiger partial charge in [0, 0.05) is 49.9 Å². The Morgan fingerprint density at radius 1 is 1.17 bits per heavy atom. The van der Waals surface area contributed by atoms with Crippen molar-refractivity contribution >= 4 is 11.8 Å². The van der Waals surface area contributed by atoms with E-state index in [1.54, 1.807) is 13.0 Å². The van der Waals surface area contributed by atoms with Crippen LogP contribution in [0.25, 0.3) is 0 Å². The quantitative estimate of drug-likeness (QED) is 0.816. The summed E-state index contributed by atoms with van der Waals surface area (Å²) in [6.07, 6.45) is 5.43. The Labute approximate surface area is 173 Å². The molecule has 1 aromatic heterocycles. The molecule has 0 spiro atoms. The van der Waals surface area contributed by atoms with Gasteiger partial charge in [0.25, 0.3) is 5.91 Å². The van der Waals surface area contributed by atoms with Crippen molar-refractivity contribution in [2.24, 2.45) is 5.92 Å². The lowest BCUT2D eigenvalue weighted by molar-refractivity contribution is -0.133. The predicted molar refractivity (Wildman–Crippen MR) is 113 cm³/mol. The number of carbonyl (C=O) groups is 2. The number of rotatable bonds is 5. The number of piperidine rings is 2. The van der Waals surface area contributed by atoms with Gasteiger partial charge < -0.3 is 19.7 Å². The van der Waals surface area contributed by atoms with Gasteiger partial charge in [-0.2, -0.15) is 0 Å². The molecule has 7 nitrogen and oxygen atoms in total. The minimum Gasteiger partial charge on any atom is -0.343 e. The van der Waals surface area contributed by atoms with Crippen LogP contribution >= 0.6 is 0 Å². The van der Waals surface area contributed by atoms with Crippen molar-refractivity contribution in [1.29, 1.82) is 0 Å². The van der Waals surface area contributed by atoms with Crippen LogP contribution in [-0.4, -0.2) is 77.8 Å². The van der Waals surface area contributed by atoms with Gasteiger partial charge in [0.15, 0.2) is 0 Å². The number of carbonyl (C=O) groups excluding carboxylic acids is 2. The summed E-state index contributed by atoms with van der Waals surface area (Å²) >= 11 is 0. The average Bonchev–Trinajstić information content (AvgIpc) is 2.71. The van der Waals surface area contributed by atoms with E-state index in [0.717, 1.165) is 45.2 Å². The molecule has 3 rings (SSSR count). The molecule has 29 heavy (non-hydrogen) atoms. The molecule has 160 valence electrons. The maximum absolute atomic E-state index is 12.8. The van der Waals surface area contributed by atoms with Crippen LogP contribution in [0.15, 0.2) is 16.9 Å². The van der Waals surface area contributed by atoms with Crippen molar-refractivity contribution in [1.82, 2.24) is 19.7 Å². The number of amides is 2. The van der Waals surface area contributed by atoms with Crippen molar-refractivity contribution in [2.45, 2.75) is 51.5 Å². The minimum atomic E-state index is -0.246. The van der Waals surface area contributed by atoms with E-state index in [2.05, 4.69) is 16.9 Å². The van der Waals surface area contributed by atoms with E-state index in [9.17, 15) is 14.4 Å². The summed E-state index contributed by atoms with van der Waals surface area (Å²) in [4.78, 5) is 45.9. The summed E-state index contributed by atoms with van der Waals surface area (Å²) in [5.74, 6) is 0.470. The highest BCUT2D eigenvalue weighted by atomic mass is 16.2. The zero-order valence-corrected chi connectivity index (χ0v) is 17.9. The molecule has 2 aliphatic rings. The maximum atomic E-state index is 12.8. The van der Waals surface area contributed by atoms with Crippen LogP contribution in [0.5, 0.6) is 0 Å². The van der Waals surface area contributed by atoms with Gasteiger partial charge in [-0.25, -0.2) is 0 Å². The fourth-order valence-electron chi connectivity index (χ4n) is 4.56. The first-order valence-corrected chi connectivity index (χ1v) is 10.8. The van der Waals surface area contributed by atoms with Crippen LogP contribution in [-0.2, 0) is 4.79 Å². The van der Waals surface area contributed by atoms with Crippen LogP contribution in [0.2, 0.25) is 0 Å². The lowest BCUT2D eigenvalue weighted by atomic mass is 9.92. The lowest BCUT2D eigenvalue weighted by Crippen LogP contribution is -2.45. The number of aryl methyl sites for hydroxylation is 1. The van der Waals surface area contributed by atoms with Crippen molar-refractivity contribution in [3.63, 3.8) is 0 Å². The summed E-state index contributed by atoms with van der Waals surface area (Å²) < 4.78 is 0. The molecule has 1 atom stereocenters. The van der Waals surface area contributed by atoms with Gasteiger partial charge in [-0.1, -0.05) is 0 Å². The van der Waals surface area contributed by atoms with E-state index in [4.69, 9.17) is 0 Å². The summed E-state index contributed by atoms with van der Waals surface area (Å²) in [6.45, 7) is 5.25. The number of hydrogen-bond acceptors (Lipinski definition) is 4. The Balaban J connectivity index is 1.51. The first-order chi connectivity index (χ1) is 13.8. The number of nitrogens with zero attached hydrogens (tertiary/aromatic N) is 3. The van der Waals surface area contributed by atoms with Crippen LogP contribution in [0.3, 0.4) is 0 Å². The van der Waals surface area contributed by atoms with Gasteiger partial charge in [-0.05, 0) is 71.1 Å². The molecule has 0 aliphatic carbocycles. The zero-order chi connectivity index (χ0) is 21.0. The second kappa shape index (κ2) is 9.57. The van der Waals surface area contributed by atoms with Crippen molar-refractivity contribution in [3.05, 3.63) is 33.7 Å². The fraction of sp³-hybridized carbons (Fsp3) is 0.682. The lowest BCUT2D eigenvalue weighted by Gasteiger charge is -2.36. The maximum Gasteiger partial charge on any atom is 0.254 e. The molecule has 2 saturated heterocycles. The smallest absolute Gasteiger partial charge is 0.254 e. The number of hydrogen-bond donors (Lipinski definition) is 1. The fourth-order valence-corrected chi connectivity index (χ4v) is 4.56. The first-order valence-electron chi connectivity index (χ1n) is 10.8. The largest absolute Gasteiger partial charge is 0.343 e. The third-order valence-corrected chi connectivity index (χ3v) is 6.43. The molecule has 2 fully saturated rings. The highest BCUT2D eigenvalue weighted by Gasteiger charge is 2.27. The average molecular weight is 403 g/mol. The third kappa shape index (κ3) is 5.69. The minimum absolute atomic E-state index is 0.0846. The van der Waals surface area contributed by atoms with E-state index in [1.807, 2.05) is 16.8 Å². The number of H-pyrrole nitrogens is 1. The Kier molecular flexibility index (Phi) is 7.11. The molecule has 7 heteroatoms. The number of aromatic nitrogens is 1. The highest BCUT2D eigenvalue weighted by molar-refractivity contribution is 5.94. The van der Waals surface area contributed by atoms with E-state index in [0.29, 0.717) is 42.7 Å². The molecule has 0 radical (unpaired) electrons. The van der Waals surface area contributed by atoms with Gasteiger partial charge in [-0.15, -0.1) is 0 Å². The molecule has 3 heterocycles.